The van der Waals surface area contributed by atoms with Crippen LogP contribution in [0, 0.1) is 4.91 Å². The number of benzene rings is 1. The molecule has 2 rings (SSSR count). The Labute approximate surface area is 103 Å². The number of likely N-dealkylation sites (N-methyl/N-ethyl adjacent to an activating group) is 1. The molecule has 0 atom stereocenters. The number of hydrogen-bond acceptors (Lipinski definition) is 4. The van der Waals surface area contributed by atoms with Crippen molar-refractivity contribution in [3.63, 3.8) is 0 Å². The Morgan fingerprint density at radius 1 is 1.22 bits per heavy atom. The van der Waals surface area contributed by atoms with E-state index < -0.39 is 0 Å². The SMILES string of the molecule is CN1C(=O)C=C(c2ccccc2N(C)N=O)C1=O. The molecule has 0 unspecified atom stereocenters. The zero-order chi connectivity index (χ0) is 13.3. The third-order valence-electron chi connectivity index (χ3n) is 2.80. The first-order chi connectivity index (χ1) is 8.56. The fourth-order valence-electron chi connectivity index (χ4n) is 1.78. The molecule has 0 spiro atoms. The van der Waals surface area contributed by atoms with Crippen LogP contribution in [0.15, 0.2) is 35.6 Å². The van der Waals surface area contributed by atoms with E-state index in [0.29, 0.717) is 11.3 Å². The smallest absolute Gasteiger partial charge is 0.261 e. The summed E-state index contributed by atoms with van der Waals surface area (Å²) < 4.78 is 0. The molecule has 0 saturated carbocycles. The highest BCUT2D eigenvalue weighted by Crippen LogP contribution is 2.30. The van der Waals surface area contributed by atoms with Crippen molar-refractivity contribution in [2.75, 3.05) is 19.1 Å². The lowest BCUT2D eigenvalue weighted by Crippen LogP contribution is -2.26. The van der Waals surface area contributed by atoms with Crippen molar-refractivity contribution in [2.45, 2.75) is 0 Å². The van der Waals surface area contributed by atoms with E-state index >= 15 is 0 Å². The van der Waals surface area contributed by atoms with Crippen molar-refractivity contribution in [1.82, 2.24) is 4.90 Å². The number of amides is 2. The molecule has 1 aromatic carbocycles. The van der Waals surface area contributed by atoms with E-state index in [1.807, 2.05) is 0 Å². The van der Waals surface area contributed by atoms with Crippen LogP contribution in [0.1, 0.15) is 5.56 Å². The van der Waals surface area contributed by atoms with Crippen LogP contribution in [0.25, 0.3) is 5.57 Å². The minimum absolute atomic E-state index is 0.272. The Hall–Kier alpha value is -2.50. The molecule has 0 aliphatic carbocycles. The molecular formula is C12H11N3O3. The first kappa shape index (κ1) is 12.0. The van der Waals surface area contributed by atoms with Gasteiger partial charge in [0.05, 0.1) is 16.5 Å². The van der Waals surface area contributed by atoms with Crippen LogP contribution in [-0.2, 0) is 9.59 Å². The molecule has 1 aliphatic rings. The van der Waals surface area contributed by atoms with E-state index in [1.165, 1.54) is 20.2 Å². The van der Waals surface area contributed by atoms with Crippen LogP contribution < -0.4 is 5.01 Å². The lowest BCUT2D eigenvalue weighted by Gasteiger charge is -2.14. The van der Waals surface area contributed by atoms with E-state index in [9.17, 15) is 14.5 Å². The highest BCUT2D eigenvalue weighted by molar-refractivity contribution is 6.34. The molecular weight excluding hydrogens is 234 g/mol. The van der Waals surface area contributed by atoms with E-state index in [2.05, 4.69) is 5.29 Å². The average molecular weight is 245 g/mol. The van der Waals surface area contributed by atoms with Gasteiger partial charge in [-0.3, -0.25) is 14.5 Å². The predicted molar refractivity (Wildman–Crippen MR) is 66.4 cm³/mol. The van der Waals surface area contributed by atoms with Crippen LogP contribution in [0.3, 0.4) is 0 Å². The molecule has 2 amide bonds. The maximum absolute atomic E-state index is 11.9. The number of para-hydroxylation sites is 1. The number of nitroso groups, excluding NO2 is 1. The van der Waals surface area contributed by atoms with Crippen LogP contribution in [0.4, 0.5) is 5.69 Å². The monoisotopic (exact) mass is 245 g/mol. The molecule has 18 heavy (non-hydrogen) atoms. The van der Waals surface area contributed by atoms with Crippen molar-refractivity contribution >= 4 is 23.1 Å². The van der Waals surface area contributed by atoms with Crippen LogP contribution in [0.5, 0.6) is 0 Å². The first-order valence-corrected chi connectivity index (χ1v) is 5.26. The number of rotatable bonds is 3. The van der Waals surface area contributed by atoms with Gasteiger partial charge in [-0.15, -0.1) is 4.91 Å². The maximum atomic E-state index is 11.9. The molecule has 0 saturated heterocycles. The lowest BCUT2D eigenvalue weighted by atomic mass is 10.0. The van der Waals surface area contributed by atoms with Gasteiger partial charge in [-0.25, -0.2) is 5.01 Å². The van der Waals surface area contributed by atoms with Gasteiger partial charge in [-0.05, 0) is 6.07 Å². The second kappa shape index (κ2) is 4.40. The summed E-state index contributed by atoms with van der Waals surface area (Å²) in [6.45, 7) is 0. The van der Waals surface area contributed by atoms with Crippen molar-refractivity contribution < 1.29 is 9.59 Å². The van der Waals surface area contributed by atoms with Gasteiger partial charge in [0.2, 0.25) is 0 Å². The number of carbonyl (C=O) groups is 2. The van der Waals surface area contributed by atoms with Crippen molar-refractivity contribution in [2.24, 2.45) is 5.29 Å². The Morgan fingerprint density at radius 2 is 1.89 bits per heavy atom. The molecule has 0 fully saturated rings. The first-order valence-electron chi connectivity index (χ1n) is 5.26. The molecule has 0 bridgehead atoms. The number of nitrogens with zero attached hydrogens (tertiary/aromatic N) is 3. The Kier molecular flexibility index (Phi) is 2.93. The number of carbonyl (C=O) groups excluding carboxylic acids is 2. The largest absolute Gasteiger partial charge is 0.278 e. The summed E-state index contributed by atoms with van der Waals surface area (Å²) in [7, 11) is 2.90. The van der Waals surface area contributed by atoms with Gasteiger partial charge in [0.15, 0.2) is 0 Å². The Morgan fingerprint density at radius 3 is 2.44 bits per heavy atom. The molecule has 0 N–H and O–H groups in total. The Bertz CT molecular complexity index is 565. The molecule has 92 valence electrons. The third kappa shape index (κ3) is 1.77. The van der Waals surface area contributed by atoms with Crippen molar-refractivity contribution in [3.8, 4) is 0 Å². The quantitative estimate of drug-likeness (QED) is 0.455. The topological polar surface area (TPSA) is 70.1 Å². The van der Waals surface area contributed by atoms with Crippen LogP contribution in [-0.4, -0.2) is 30.8 Å². The number of anilines is 1. The van der Waals surface area contributed by atoms with Gasteiger partial charge in [0.25, 0.3) is 11.8 Å². The molecule has 0 radical (unpaired) electrons. The molecule has 6 heteroatoms. The molecule has 1 aromatic rings. The summed E-state index contributed by atoms with van der Waals surface area (Å²) >= 11 is 0. The highest BCUT2D eigenvalue weighted by atomic mass is 16.3. The zero-order valence-corrected chi connectivity index (χ0v) is 9.95. The lowest BCUT2D eigenvalue weighted by molar-refractivity contribution is -0.134. The molecule has 6 nitrogen and oxygen atoms in total. The van der Waals surface area contributed by atoms with Gasteiger partial charge in [-0.2, -0.15) is 0 Å². The number of hydrogen-bond donors (Lipinski definition) is 0. The summed E-state index contributed by atoms with van der Waals surface area (Å²) in [5, 5.41) is 3.92. The van der Waals surface area contributed by atoms with Gasteiger partial charge >= 0.3 is 0 Å². The summed E-state index contributed by atoms with van der Waals surface area (Å²) in [6.07, 6.45) is 1.26. The standard InChI is InChI=1S/C12H11N3O3/c1-14-11(16)7-9(12(14)17)8-5-3-4-6-10(8)15(2)13-18/h3-7H,1-2H3. The third-order valence-corrected chi connectivity index (χ3v) is 2.80. The van der Waals surface area contributed by atoms with E-state index in [-0.39, 0.29) is 17.4 Å². The fourth-order valence-corrected chi connectivity index (χ4v) is 1.78. The summed E-state index contributed by atoms with van der Waals surface area (Å²) in [6, 6.07) is 6.79. The van der Waals surface area contributed by atoms with E-state index in [4.69, 9.17) is 0 Å². The fraction of sp³-hybridized carbons (Fsp3) is 0.167. The van der Waals surface area contributed by atoms with Gasteiger partial charge in [-0.1, -0.05) is 18.2 Å². The minimum Gasteiger partial charge on any atom is -0.278 e. The van der Waals surface area contributed by atoms with E-state index in [1.54, 1.807) is 24.3 Å². The van der Waals surface area contributed by atoms with Crippen LogP contribution >= 0.6 is 0 Å². The van der Waals surface area contributed by atoms with Gasteiger partial charge in [0, 0.05) is 25.7 Å². The zero-order valence-electron chi connectivity index (χ0n) is 9.95. The second-order valence-electron chi connectivity index (χ2n) is 3.88. The summed E-state index contributed by atoms with van der Waals surface area (Å²) in [5.74, 6) is -0.752. The van der Waals surface area contributed by atoms with Gasteiger partial charge < -0.3 is 0 Å². The molecule has 1 aliphatic heterocycles. The molecule has 1 heterocycles. The maximum Gasteiger partial charge on any atom is 0.261 e. The average Bonchev–Trinajstić information content (AvgIpc) is 2.65. The second-order valence-corrected chi connectivity index (χ2v) is 3.88. The van der Waals surface area contributed by atoms with Crippen molar-refractivity contribution in [3.05, 3.63) is 40.8 Å². The minimum atomic E-state index is -0.383. The number of imide groups is 1. The normalized spacial score (nSPS) is 14.8. The van der Waals surface area contributed by atoms with Crippen LogP contribution in [0.2, 0.25) is 0 Å². The predicted octanol–water partition coefficient (Wildman–Crippen LogP) is 1.19. The molecule has 0 aromatic heterocycles. The van der Waals surface area contributed by atoms with Gasteiger partial charge in [0.1, 0.15) is 0 Å². The highest BCUT2D eigenvalue weighted by Gasteiger charge is 2.30. The summed E-state index contributed by atoms with van der Waals surface area (Å²) in [5.41, 5.74) is 1.27. The Balaban J connectivity index is 2.53. The van der Waals surface area contributed by atoms with E-state index in [0.717, 1.165) is 9.91 Å². The summed E-state index contributed by atoms with van der Waals surface area (Å²) in [4.78, 5) is 34.9. The van der Waals surface area contributed by atoms with Crippen molar-refractivity contribution in [1.29, 1.82) is 0 Å².